The van der Waals surface area contributed by atoms with Crippen LogP contribution in [0.5, 0.6) is 0 Å². The van der Waals surface area contributed by atoms with E-state index in [1.54, 1.807) is 24.9 Å². The summed E-state index contributed by atoms with van der Waals surface area (Å²) in [6.45, 7) is -0.220. The summed E-state index contributed by atoms with van der Waals surface area (Å²) in [4.78, 5) is 39.6. The number of thioether (sulfide) groups is 2. The molecule has 3 rings (SSSR count). The molecule has 130 valence electrons. The molecule has 2 heterocycles. The number of carbonyl (C=O) groups excluding carboxylic acids is 2. The maximum atomic E-state index is 12.6. The zero-order chi connectivity index (χ0) is 18.0. The minimum atomic E-state index is -0.450. The zero-order valence-corrected chi connectivity index (χ0v) is 15.3. The highest BCUT2D eigenvalue weighted by Gasteiger charge is 2.26. The Labute approximate surface area is 152 Å². The van der Waals surface area contributed by atoms with Crippen molar-refractivity contribution < 1.29 is 9.59 Å². The second kappa shape index (κ2) is 7.32. The van der Waals surface area contributed by atoms with E-state index < -0.39 is 5.56 Å². The van der Waals surface area contributed by atoms with Crippen LogP contribution in [0.2, 0.25) is 0 Å². The van der Waals surface area contributed by atoms with Gasteiger partial charge in [-0.05, 0) is 24.5 Å². The SMILES string of the molecule is CSc1cccc(NC(=O)Cn2ncc3c(c2=O)N(C)C(=O)CS3)c1. The van der Waals surface area contributed by atoms with Crippen molar-refractivity contribution in [1.29, 1.82) is 0 Å². The molecule has 0 saturated heterocycles. The maximum Gasteiger partial charge on any atom is 0.292 e. The van der Waals surface area contributed by atoms with E-state index in [4.69, 9.17) is 0 Å². The maximum absolute atomic E-state index is 12.6. The van der Waals surface area contributed by atoms with E-state index in [9.17, 15) is 14.4 Å². The van der Waals surface area contributed by atoms with Crippen LogP contribution in [0.25, 0.3) is 0 Å². The lowest BCUT2D eigenvalue weighted by Crippen LogP contribution is -2.40. The van der Waals surface area contributed by atoms with Crippen molar-refractivity contribution in [2.45, 2.75) is 16.3 Å². The molecule has 0 unspecified atom stereocenters. The second-order valence-electron chi connectivity index (χ2n) is 5.34. The van der Waals surface area contributed by atoms with Gasteiger partial charge in [-0.2, -0.15) is 5.10 Å². The fourth-order valence-electron chi connectivity index (χ4n) is 2.39. The zero-order valence-electron chi connectivity index (χ0n) is 13.7. The standard InChI is InChI=1S/C16H16N4O3S2/c1-19-14(22)9-25-12-7-17-20(16(23)15(12)19)8-13(21)18-10-4-3-5-11(6-10)24-2/h3-7H,8-9H2,1-2H3,(H,18,21). The largest absolute Gasteiger partial charge is 0.324 e. The molecule has 9 heteroatoms. The van der Waals surface area contributed by atoms with Crippen LogP contribution in [0.15, 0.2) is 45.0 Å². The summed E-state index contributed by atoms with van der Waals surface area (Å²) in [6.07, 6.45) is 3.47. The third-order valence-electron chi connectivity index (χ3n) is 3.69. The topological polar surface area (TPSA) is 84.3 Å². The molecule has 1 aliphatic rings. The lowest BCUT2D eigenvalue weighted by Gasteiger charge is -2.24. The monoisotopic (exact) mass is 376 g/mol. The summed E-state index contributed by atoms with van der Waals surface area (Å²) < 4.78 is 1.07. The van der Waals surface area contributed by atoms with E-state index in [1.165, 1.54) is 22.9 Å². The first-order chi connectivity index (χ1) is 12.0. The van der Waals surface area contributed by atoms with Gasteiger partial charge in [-0.1, -0.05) is 6.07 Å². The molecule has 2 amide bonds. The van der Waals surface area contributed by atoms with E-state index in [0.717, 1.165) is 9.58 Å². The van der Waals surface area contributed by atoms with Gasteiger partial charge in [0, 0.05) is 17.6 Å². The first kappa shape index (κ1) is 17.6. The van der Waals surface area contributed by atoms with Crippen LogP contribution in [-0.2, 0) is 16.1 Å². The van der Waals surface area contributed by atoms with Gasteiger partial charge in [0.2, 0.25) is 11.8 Å². The van der Waals surface area contributed by atoms with E-state index in [-0.39, 0.29) is 29.8 Å². The van der Waals surface area contributed by atoms with Crippen molar-refractivity contribution in [2.75, 3.05) is 29.3 Å². The van der Waals surface area contributed by atoms with Gasteiger partial charge in [0.15, 0.2) is 0 Å². The summed E-state index contributed by atoms with van der Waals surface area (Å²) in [7, 11) is 1.56. The molecule has 0 fully saturated rings. The summed E-state index contributed by atoms with van der Waals surface area (Å²) >= 11 is 2.85. The molecule has 0 aliphatic carbocycles. The predicted molar refractivity (Wildman–Crippen MR) is 99.5 cm³/mol. The quantitative estimate of drug-likeness (QED) is 0.817. The van der Waals surface area contributed by atoms with Crippen molar-refractivity contribution in [3.63, 3.8) is 0 Å². The Morgan fingerprint density at radius 2 is 2.20 bits per heavy atom. The number of carbonyl (C=O) groups is 2. The number of hydrogen-bond donors (Lipinski definition) is 1. The van der Waals surface area contributed by atoms with Crippen molar-refractivity contribution in [2.24, 2.45) is 0 Å². The van der Waals surface area contributed by atoms with E-state index in [1.807, 2.05) is 24.5 Å². The van der Waals surface area contributed by atoms with Crippen LogP contribution in [0.1, 0.15) is 0 Å². The molecule has 25 heavy (non-hydrogen) atoms. The molecule has 2 aromatic rings. The lowest BCUT2D eigenvalue weighted by molar-refractivity contribution is -0.117. The normalized spacial score (nSPS) is 13.5. The molecule has 7 nitrogen and oxygen atoms in total. The lowest BCUT2D eigenvalue weighted by atomic mass is 10.3. The number of fused-ring (bicyclic) bond motifs is 1. The smallest absolute Gasteiger partial charge is 0.292 e. The molecule has 0 spiro atoms. The van der Waals surface area contributed by atoms with Crippen LogP contribution in [0.4, 0.5) is 11.4 Å². The molecule has 1 aliphatic heterocycles. The van der Waals surface area contributed by atoms with E-state index in [2.05, 4.69) is 10.4 Å². The highest BCUT2D eigenvalue weighted by molar-refractivity contribution is 8.00. The number of benzene rings is 1. The van der Waals surface area contributed by atoms with Crippen LogP contribution in [0, 0.1) is 0 Å². The highest BCUT2D eigenvalue weighted by atomic mass is 32.2. The van der Waals surface area contributed by atoms with Crippen molar-refractivity contribution >= 4 is 46.7 Å². The first-order valence-corrected chi connectivity index (χ1v) is 9.64. The highest BCUT2D eigenvalue weighted by Crippen LogP contribution is 2.30. The van der Waals surface area contributed by atoms with Gasteiger partial charge >= 0.3 is 0 Å². The summed E-state index contributed by atoms with van der Waals surface area (Å²) in [5.74, 6) is -0.225. The molecular weight excluding hydrogens is 360 g/mol. The van der Waals surface area contributed by atoms with Crippen LogP contribution in [-0.4, -0.2) is 40.7 Å². The van der Waals surface area contributed by atoms with Gasteiger partial charge in [0.1, 0.15) is 12.2 Å². The van der Waals surface area contributed by atoms with Crippen molar-refractivity contribution in [3.8, 4) is 0 Å². The van der Waals surface area contributed by atoms with Crippen LogP contribution < -0.4 is 15.8 Å². The fraction of sp³-hybridized carbons (Fsp3) is 0.250. The summed E-state index contributed by atoms with van der Waals surface area (Å²) in [5.41, 5.74) is 0.479. The van der Waals surface area contributed by atoms with Gasteiger partial charge in [-0.3, -0.25) is 14.4 Å². The van der Waals surface area contributed by atoms with Gasteiger partial charge in [-0.15, -0.1) is 23.5 Å². The van der Waals surface area contributed by atoms with Crippen LogP contribution in [0.3, 0.4) is 0 Å². The van der Waals surface area contributed by atoms with Gasteiger partial charge < -0.3 is 10.2 Å². The van der Waals surface area contributed by atoms with E-state index in [0.29, 0.717) is 10.6 Å². The third-order valence-corrected chi connectivity index (χ3v) is 5.42. The fourth-order valence-corrected chi connectivity index (χ4v) is 3.80. The average molecular weight is 376 g/mol. The van der Waals surface area contributed by atoms with E-state index >= 15 is 0 Å². The van der Waals surface area contributed by atoms with Crippen molar-refractivity contribution in [3.05, 3.63) is 40.8 Å². The predicted octanol–water partition coefficient (Wildman–Crippen LogP) is 1.67. The Kier molecular flexibility index (Phi) is 5.14. The average Bonchev–Trinajstić information content (AvgIpc) is 2.60. The van der Waals surface area contributed by atoms with Gasteiger partial charge in [0.25, 0.3) is 5.56 Å². The summed E-state index contributed by atoms with van der Waals surface area (Å²) in [6, 6.07) is 7.43. The number of nitrogens with one attached hydrogen (secondary N) is 1. The van der Waals surface area contributed by atoms with Crippen LogP contribution >= 0.6 is 23.5 Å². The first-order valence-electron chi connectivity index (χ1n) is 7.43. The number of nitrogens with zero attached hydrogens (tertiary/aromatic N) is 3. The molecule has 1 aromatic carbocycles. The van der Waals surface area contributed by atoms with Gasteiger partial charge in [-0.25, -0.2) is 4.68 Å². The minimum Gasteiger partial charge on any atom is -0.324 e. The Hall–Kier alpha value is -2.26. The summed E-state index contributed by atoms with van der Waals surface area (Å²) in [5, 5.41) is 6.80. The molecule has 0 saturated carbocycles. The van der Waals surface area contributed by atoms with Crippen molar-refractivity contribution in [1.82, 2.24) is 9.78 Å². The molecule has 0 radical (unpaired) electrons. The Morgan fingerprint density at radius 3 is 2.96 bits per heavy atom. The molecule has 1 aromatic heterocycles. The van der Waals surface area contributed by atoms with Gasteiger partial charge in [0.05, 0.1) is 16.8 Å². The number of rotatable bonds is 4. The Morgan fingerprint density at radius 1 is 1.40 bits per heavy atom. The third kappa shape index (κ3) is 3.72. The Bertz CT molecular complexity index is 897. The number of anilines is 2. The second-order valence-corrected chi connectivity index (χ2v) is 7.24. The molecule has 0 bridgehead atoms. The number of amides is 2. The number of aromatic nitrogens is 2. The number of hydrogen-bond acceptors (Lipinski definition) is 6. The Balaban J connectivity index is 1.80. The molecule has 1 N–H and O–H groups in total. The molecular formula is C16H16N4O3S2. The molecule has 0 atom stereocenters. The minimum absolute atomic E-state index is 0.148.